The van der Waals surface area contributed by atoms with E-state index < -0.39 is 0 Å². The fourth-order valence-corrected chi connectivity index (χ4v) is 3.50. The fourth-order valence-electron chi connectivity index (χ4n) is 3.50. The maximum atomic E-state index is 5.57. The molecule has 4 nitrogen and oxygen atoms in total. The SMILES string of the molecule is CCCC(CC)N1CCN(C2COCC2OC)CC1. The molecule has 3 atom stereocenters. The predicted octanol–water partition coefficient (Wildman–Crippen LogP) is 1.60. The minimum Gasteiger partial charge on any atom is -0.377 e. The Labute approximate surface area is 118 Å². The van der Waals surface area contributed by atoms with Gasteiger partial charge in [-0.1, -0.05) is 20.3 Å². The van der Waals surface area contributed by atoms with E-state index in [2.05, 4.69) is 23.6 Å². The Kier molecular flexibility index (Phi) is 6.07. The minimum absolute atomic E-state index is 0.268. The molecule has 2 aliphatic heterocycles. The van der Waals surface area contributed by atoms with Crippen LogP contribution in [0.3, 0.4) is 0 Å². The average Bonchev–Trinajstić information content (AvgIpc) is 2.93. The molecule has 2 heterocycles. The van der Waals surface area contributed by atoms with Crippen LogP contribution in [0.15, 0.2) is 0 Å². The third kappa shape index (κ3) is 3.69. The van der Waals surface area contributed by atoms with Gasteiger partial charge in [-0.2, -0.15) is 0 Å². The summed E-state index contributed by atoms with van der Waals surface area (Å²) < 4.78 is 11.1. The quantitative estimate of drug-likeness (QED) is 0.732. The number of nitrogens with zero attached hydrogens (tertiary/aromatic N) is 2. The molecule has 0 spiro atoms. The summed E-state index contributed by atoms with van der Waals surface area (Å²) in [4.78, 5) is 5.24. The molecule has 2 fully saturated rings. The first-order valence-corrected chi connectivity index (χ1v) is 7.88. The van der Waals surface area contributed by atoms with Gasteiger partial charge in [0.15, 0.2) is 0 Å². The Hall–Kier alpha value is -0.160. The van der Waals surface area contributed by atoms with Crippen molar-refractivity contribution in [3.63, 3.8) is 0 Å². The van der Waals surface area contributed by atoms with Crippen molar-refractivity contribution >= 4 is 0 Å². The van der Waals surface area contributed by atoms with Crippen LogP contribution in [-0.2, 0) is 9.47 Å². The first-order chi connectivity index (χ1) is 9.30. The summed E-state index contributed by atoms with van der Waals surface area (Å²) in [5.41, 5.74) is 0. The molecule has 0 aromatic rings. The van der Waals surface area contributed by atoms with Crippen LogP contribution in [-0.4, -0.2) is 74.5 Å². The Balaban J connectivity index is 1.81. The van der Waals surface area contributed by atoms with Gasteiger partial charge in [-0.25, -0.2) is 0 Å². The number of rotatable bonds is 6. The van der Waals surface area contributed by atoms with Crippen LogP contribution >= 0.6 is 0 Å². The summed E-state index contributed by atoms with van der Waals surface area (Å²) in [5, 5.41) is 0. The summed E-state index contributed by atoms with van der Waals surface area (Å²) in [6.07, 6.45) is 4.18. The van der Waals surface area contributed by atoms with E-state index in [1.54, 1.807) is 7.11 Å². The van der Waals surface area contributed by atoms with Gasteiger partial charge in [-0.15, -0.1) is 0 Å². The molecule has 2 saturated heterocycles. The molecule has 112 valence electrons. The second kappa shape index (κ2) is 7.58. The molecule has 0 radical (unpaired) electrons. The lowest BCUT2D eigenvalue weighted by atomic mass is 10.1. The molecular formula is C15H30N2O2. The van der Waals surface area contributed by atoms with E-state index in [9.17, 15) is 0 Å². The van der Waals surface area contributed by atoms with E-state index in [-0.39, 0.29) is 6.10 Å². The Morgan fingerprint density at radius 2 is 1.89 bits per heavy atom. The van der Waals surface area contributed by atoms with Crippen molar-refractivity contribution < 1.29 is 9.47 Å². The van der Waals surface area contributed by atoms with Crippen molar-refractivity contribution in [1.82, 2.24) is 9.80 Å². The van der Waals surface area contributed by atoms with E-state index in [1.165, 1.54) is 32.4 Å². The molecule has 3 unspecified atom stereocenters. The second-order valence-corrected chi connectivity index (χ2v) is 5.80. The molecule has 0 amide bonds. The largest absolute Gasteiger partial charge is 0.377 e. The number of methoxy groups -OCH3 is 1. The highest BCUT2D eigenvalue weighted by atomic mass is 16.5. The van der Waals surface area contributed by atoms with Crippen molar-refractivity contribution in [2.24, 2.45) is 0 Å². The first-order valence-electron chi connectivity index (χ1n) is 7.88. The van der Waals surface area contributed by atoms with Crippen molar-refractivity contribution in [2.45, 2.75) is 51.3 Å². The third-order valence-electron chi connectivity index (χ3n) is 4.73. The number of hydrogen-bond donors (Lipinski definition) is 0. The van der Waals surface area contributed by atoms with Gasteiger partial charge < -0.3 is 9.47 Å². The average molecular weight is 270 g/mol. The van der Waals surface area contributed by atoms with Crippen LogP contribution in [0, 0.1) is 0 Å². The lowest BCUT2D eigenvalue weighted by molar-refractivity contribution is 0.00995. The van der Waals surface area contributed by atoms with Gasteiger partial charge in [0.1, 0.15) is 0 Å². The number of piperazine rings is 1. The highest BCUT2D eigenvalue weighted by Gasteiger charge is 2.35. The molecule has 4 heteroatoms. The zero-order valence-electron chi connectivity index (χ0n) is 12.8. The zero-order valence-corrected chi connectivity index (χ0v) is 12.8. The van der Waals surface area contributed by atoms with Gasteiger partial charge in [0, 0.05) is 39.3 Å². The molecule has 0 aromatic carbocycles. The van der Waals surface area contributed by atoms with E-state index in [1.807, 2.05) is 0 Å². The maximum Gasteiger partial charge on any atom is 0.0981 e. The summed E-state index contributed by atoms with van der Waals surface area (Å²) >= 11 is 0. The Morgan fingerprint density at radius 3 is 2.47 bits per heavy atom. The van der Waals surface area contributed by atoms with E-state index in [0.29, 0.717) is 6.04 Å². The van der Waals surface area contributed by atoms with E-state index >= 15 is 0 Å². The van der Waals surface area contributed by atoms with Crippen LogP contribution in [0.5, 0.6) is 0 Å². The topological polar surface area (TPSA) is 24.9 Å². The van der Waals surface area contributed by atoms with Crippen molar-refractivity contribution in [2.75, 3.05) is 46.5 Å². The molecule has 0 saturated carbocycles. The first kappa shape index (κ1) is 15.2. The van der Waals surface area contributed by atoms with Crippen LogP contribution < -0.4 is 0 Å². The zero-order chi connectivity index (χ0) is 13.7. The maximum absolute atomic E-state index is 5.57. The van der Waals surface area contributed by atoms with Gasteiger partial charge in [0.25, 0.3) is 0 Å². The number of hydrogen-bond acceptors (Lipinski definition) is 4. The molecule has 0 aromatic heterocycles. The van der Waals surface area contributed by atoms with E-state index in [0.717, 1.165) is 32.3 Å². The Bertz CT molecular complexity index is 255. The highest BCUT2D eigenvalue weighted by Crippen LogP contribution is 2.20. The lowest BCUT2D eigenvalue weighted by Gasteiger charge is -2.42. The molecule has 2 rings (SSSR count). The van der Waals surface area contributed by atoms with Crippen LogP contribution in [0.4, 0.5) is 0 Å². The van der Waals surface area contributed by atoms with Gasteiger partial charge >= 0.3 is 0 Å². The smallest absolute Gasteiger partial charge is 0.0981 e. The summed E-state index contributed by atoms with van der Waals surface area (Å²) in [5.74, 6) is 0. The third-order valence-corrected chi connectivity index (χ3v) is 4.73. The van der Waals surface area contributed by atoms with E-state index in [4.69, 9.17) is 9.47 Å². The van der Waals surface area contributed by atoms with Gasteiger partial charge in [-0.3, -0.25) is 9.80 Å². The summed E-state index contributed by atoms with van der Waals surface area (Å²) in [7, 11) is 1.80. The molecular weight excluding hydrogens is 240 g/mol. The monoisotopic (exact) mass is 270 g/mol. The Morgan fingerprint density at radius 1 is 1.16 bits per heavy atom. The van der Waals surface area contributed by atoms with Gasteiger partial charge in [-0.05, 0) is 12.8 Å². The molecule has 2 aliphatic rings. The van der Waals surface area contributed by atoms with Gasteiger partial charge in [0.05, 0.1) is 25.4 Å². The molecule has 0 aliphatic carbocycles. The lowest BCUT2D eigenvalue weighted by Crippen LogP contribution is -2.55. The standard InChI is InChI=1S/C15H30N2O2/c1-4-6-13(5-2)16-7-9-17(10-8-16)14-11-19-12-15(14)18-3/h13-15H,4-12H2,1-3H3. The second-order valence-electron chi connectivity index (χ2n) is 5.80. The molecule has 0 bridgehead atoms. The van der Waals surface area contributed by atoms with Crippen molar-refractivity contribution in [3.05, 3.63) is 0 Å². The van der Waals surface area contributed by atoms with Gasteiger partial charge in [0.2, 0.25) is 0 Å². The van der Waals surface area contributed by atoms with Crippen molar-refractivity contribution in [3.8, 4) is 0 Å². The summed E-state index contributed by atoms with van der Waals surface area (Å²) in [6, 6.07) is 1.25. The fraction of sp³-hybridized carbons (Fsp3) is 1.00. The summed E-state index contributed by atoms with van der Waals surface area (Å²) in [6.45, 7) is 10.9. The van der Waals surface area contributed by atoms with Crippen LogP contribution in [0.1, 0.15) is 33.1 Å². The van der Waals surface area contributed by atoms with Crippen LogP contribution in [0.2, 0.25) is 0 Å². The number of ether oxygens (including phenoxy) is 2. The highest BCUT2D eigenvalue weighted by molar-refractivity contribution is 4.88. The minimum atomic E-state index is 0.268. The predicted molar refractivity (Wildman–Crippen MR) is 77.5 cm³/mol. The molecule has 0 N–H and O–H groups in total. The van der Waals surface area contributed by atoms with Crippen molar-refractivity contribution in [1.29, 1.82) is 0 Å². The molecule has 19 heavy (non-hydrogen) atoms. The van der Waals surface area contributed by atoms with Crippen LogP contribution in [0.25, 0.3) is 0 Å². The normalized spacial score (nSPS) is 31.7.